The minimum absolute atomic E-state index is 0.406. The normalized spacial score (nSPS) is 10.0. The smallest absolute Gasteiger partial charge is 0.313 e. The number of anilines is 2. The molecule has 0 unspecified atom stereocenters. The Balaban J connectivity index is 2.90. The number of hydrogen-bond donors (Lipinski definition) is 3. The van der Waals surface area contributed by atoms with Crippen LogP contribution in [0.3, 0.4) is 0 Å². The van der Waals surface area contributed by atoms with E-state index in [2.05, 4.69) is 12.2 Å². The van der Waals surface area contributed by atoms with Crippen molar-refractivity contribution in [1.29, 1.82) is 0 Å². The van der Waals surface area contributed by atoms with E-state index in [-0.39, 0.29) is 0 Å². The first kappa shape index (κ1) is 13.2. The topological polar surface area (TPSA) is 84.4 Å². The summed E-state index contributed by atoms with van der Waals surface area (Å²) >= 11 is 0. The van der Waals surface area contributed by atoms with Gasteiger partial charge in [-0.1, -0.05) is 6.92 Å². The summed E-state index contributed by atoms with van der Waals surface area (Å²) in [6.07, 6.45) is 0.896. The highest BCUT2D eigenvalue weighted by Crippen LogP contribution is 2.23. The molecule has 0 atom stereocenters. The Morgan fingerprint density at radius 1 is 1.41 bits per heavy atom. The fourth-order valence-corrected chi connectivity index (χ4v) is 1.74. The molecular weight excluding hydrogens is 216 g/mol. The molecule has 0 spiro atoms. The van der Waals surface area contributed by atoms with E-state index in [1.807, 2.05) is 30.0 Å². The zero-order chi connectivity index (χ0) is 12.8. The van der Waals surface area contributed by atoms with Crippen LogP contribution in [0.25, 0.3) is 0 Å². The molecule has 0 saturated carbocycles. The van der Waals surface area contributed by atoms with Crippen molar-refractivity contribution in [3.05, 3.63) is 23.8 Å². The van der Waals surface area contributed by atoms with E-state index in [1.165, 1.54) is 0 Å². The van der Waals surface area contributed by atoms with Gasteiger partial charge in [0.15, 0.2) is 0 Å². The molecule has 0 fully saturated rings. The van der Waals surface area contributed by atoms with Gasteiger partial charge in [0.1, 0.15) is 0 Å². The van der Waals surface area contributed by atoms with E-state index >= 15 is 0 Å². The molecule has 5 heteroatoms. The second-order valence-corrected chi connectivity index (χ2v) is 3.80. The van der Waals surface area contributed by atoms with Crippen LogP contribution in [0.15, 0.2) is 18.2 Å². The lowest BCUT2D eigenvalue weighted by molar-refractivity contribution is 0.249. The van der Waals surface area contributed by atoms with Crippen molar-refractivity contribution in [3.63, 3.8) is 0 Å². The van der Waals surface area contributed by atoms with Crippen molar-refractivity contribution in [2.24, 2.45) is 5.73 Å². The zero-order valence-corrected chi connectivity index (χ0v) is 10.4. The second-order valence-electron chi connectivity index (χ2n) is 3.80. The molecular formula is C12H20N4O. The van der Waals surface area contributed by atoms with Gasteiger partial charge in [-0.3, -0.25) is 0 Å². The summed E-state index contributed by atoms with van der Waals surface area (Å²) in [5.41, 5.74) is 13.8. The SMILES string of the molecule is CCc1cc(N)ccc1N(CC)CNC(N)=O. The Labute approximate surface area is 102 Å². The first-order valence-electron chi connectivity index (χ1n) is 5.75. The van der Waals surface area contributed by atoms with Crippen molar-refractivity contribution in [1.82, 2.24) is 5.32 Å². The summed E-state index contributed by atoms with van der Waals surface area (Å²) in [6, 6.07) is 5.28. The summed E-state index contributed by atoms with van der Waals surface area (Å²) in [7, 11) is 0. The van der Waals surface area contributed by atoms with Crippen LogP contribution in [0.2, 0.25) is 0 Å². The molecule has 0 bridgehead atoms. The molecule has 0 heterocycles. The first-order chi connectivity index (χ1) is 8.08. The van der Waals surface area contributed by atoms with Gasteiger partial charge in [-0.15, -0.1) is 0 Å². The third-order valence-corrected chi connectivity index (χ3v) is 2.65. The average molecular weight is 236 g/mol. The van der Waals surface area contributed by atoms with Crippen LogP contribution in [0.5, 0.6) is 0 Å². The lowest BCUT2D eigenvalue weighted by Crippen LogP contribution is -2.40. The highest BCUT2D eigenvalue weighted by Gasteiger charge is 2.09. The number of benzene rings is 1. The Bertz CT molecular complexity index is 392. The van der Waals surface area contributed by atoms with Gasteiger partial charge in [0, 0.05) is 17.9 Å². The molecule has 5 N–H and O–H groups in total. The molecule has 0 saturated heterocycles. The molecule has 1 aromatic carbocycles. The Hall–Kier alpha value is -1.91. The van der Waals surface area contributed by atoms with Gasteiger partial charge in [0.05, 0.1) is 6.67 Å². The quantitative estimate of drug-likeness (QED) is 0.532. The number of rotatable bonds is 5. The van der Waals surface area contributed by atoms with Crippen molar-refractivity contribution in [2.75, 3.05) is 23.8 Å². The third kappa shape index (κ3) is 3.55. The van der Waals surface area contributed by atoms with Gasteiger partial charge in [-0.2, -0.15) is 0 Å². The maximum Gasteiger partial charge on any atom is 0.313 e. The number of nitrogens with one attached hydrogen (secondary N) is 1. The van der Waals surface area contributed by atoms with Crippen LogP contribution in [-0.2, 0) is 6.42 Å². The highest BCUT2D eigenvalue weighted by molar-refractivity contribution is 5.72. The summed E-state index contributed by atoms with van der Waals surface area (Å²) in [4.78, 5) is 12.8. The lowest BCUT2D eigenvalue weighted by atomic mass is 10.1. The monoisotopic (exact) mass is 236 g/mol. The van der Waals surface area contributed by atoms with Crippen molar-refractivity contribution >= 4 is 17.4 Å². The molecule has 5 nitrogen and oxygen atoms in total. The maximum absolute atomic E-state index is 10.7. The number of primary amides is 1. The van der Waals surface area contributed by atoms with Gasteiger partial charge < -0.3 is 21.7 Å². The Kier molecular flexibility index (Phi) is 4.63. The number of carbonyl (C=O) groups excluding carboxylic acids is 1. The van der Waals surface area contributed by atoms with Crippen molar-refractivity contribution in [2.45, 2.75) is 20.3 Å². The third-order valence-electron chi connectivity index (χ3n) is 2.65. The molecule has 94 valence electrons. The number of urea groups is 1. The van der Waals surface area contributed by atoms with Crippen LogP contribution in [-0.4, -0.2) is 19.2 Å². The summed E-state index contributed by atoms with van der Waals surface area (Å²) < 4.78 is 0. The molecule has 1 aromatic rings. The predicted octanol–water partition coefficient (Wildman–Crippen LogP) is 1.28. The number of nitrogens with two attached hydrogens (primary N) is 2. The van der Waals surface area contributed by atoms with Crippen LogP contribution in [0.1, 0.15) is 19.4 Å². The van der Waals surface area contributed by atoms with Crippen molar-refractivity contribution < 1.29 is 4.79 Å². The molecule has 1 rings (SSSR count). The Morgan fingerprint density at radius 2 is 2.12 bits per heavy atom. The highest BCUT2D eigenvalue weighted by atomic mass is 16.2. The predicted molar refractivity (Wildman–Crippen MR) is 70.8 cm³/mol. The first-order valence-corrected chi connectivity index (χ1v) is 5.75. The molecule has 0 aliphatic heterocycles. The van der Waals surface area contributed by atoms with E-state index in [0.717, 1.165) is 29.9 Å². The van der Waals surface area contributed by atoms with Crippen LogP contribution < -0.4 is 21.7 Å². The van der Waals surface area contributed by atoms with E-state index in [1.54, 1.807) is 0 Å². The Morgan fingerprint density at radius 3 is 2.65 bits per heavy atom. The molecule has 0 radical (unpaired) electrons. The van der Waals surface area contributed by atoms with E-state index < -0.39 is 6.03 Å². The fourth-order valence-electron chi connectivity index (χ4n) is 1.74. The summed E-state index contributed by atoms with van der Waals surface area (Å²) in [6.45, 7) is 5.30. The molecule has 0 aliphatic rings. The largest absolute Gasteiger partial charge is 0.399 e. The number of nitrogen functional groups attached to an aromatic ring is 1. The fraction of sp³-hybridized carbons (Fsp3) is 0.417. The molecule has 17 heavy (non-hydrogen) atoms. The van der Waals surface area contributed by atoms with Gasteiger partial charge >= 0.3 is 6.03 Å². The van der Waals surface area contributed by atoms with Gasteiger partial charge in [-0.05, 0) is 37.1 Å². The lowest BCUT2D eigenvalue weighted by Gasteiger charge is -2.25. The second kappa shape index (κ2) is 5.98. The molecule has 0 aliphatic carbocycles. The van der Waals surface area contributed by atoms with E-state index in [9.17, 15) is 4.79 Å². The van der Waals surface area contributed by atoms with E-state index in [0.29, 0.717) is 6.67 Å². The summed E-state index contributed by atoms with van der Waals surface area (Å²) in [5.74, 6) is 0. The maximum atomic E-state index is 10.7. The van der Waals surface area contributed by atoms with Crippen molar-refractivity contribution in [3.8, 4) is 0 Å². The number of hydrogen-bond acceptors (Lipinski definition) is 3. The van der Waals surface area contributed by atoms with Gasteiger partial charge in [-0.25, -0.2) is 4.79 Å². The molecule has 2 amide bonds. The van der Waals surface area contributed by atoms with Crippen LogP contribution in [0.4, 0.5) is 16.2 Å². The summed E-state index contributed by atoms with van der Waals surface area (Å²) in [5, 5.41) is 2.59. The standard InChI is InChI=1S/C12H20N4O/c1-3-9-7-10(13)5-6-11(9)16(4-2)8-15-12(14)17/h5-7H,3-4,8,13H2,1-2H3,(H3,14,15,17). The number of carbonyl (C=O) groups is 1. The minimum atomic E-state index is -0.517. The average Bonchev–Trinajstić information content (AvgIpc) is 2.30. The minimum Gasteiger partial charge on any atom is -0.399 e. The van der Waals surface area contributed by atoms with Crippen LogP contribution in [0, 0.1) is 0 Å². The zero-order valence-electron chi connectivity index (χ0n) is 10.4. The number of amides is 2. The van der Waals surface area contributed by atoms with Gasteiger partial charge in [0.25, 0.3) is 0 Å². The van der Waals surface area contributed by atoms with Crippen LogP contribution >= 0.6 is 0 Å². The number of nitrogens with zero attached hydrogens (tertiary/aromatic N) is 1. The molecule has 0 aromatic heterocycles. The number of aryl methyl sites for hydroxylation is 1. The van der Waals surface area contributed by atoms with Gasteiger partial charge in [0.2, 0.25) is 0 Å². The van der Waals surface area contributed by atoms with E-state index in [4.69, 9.17) is 11.5 Å².